The van der Waals surface area contributed by atoms with Gasteiger partial charge in [-0.25, -0.2) is 4.98 Å². The third kappa shape index (κ3) is 2.70. The van der Waals surface area contributed by atoms with E-state index in [4.69, 9.17) is 0 Å². The minimum absolute atomic E-state index is 0.000563. The molecule has 0 unspecified atom stereocenters. The largest absolute Gasteiger partial charge is 0.366 e. The molecule has 0 saturated carbocycles. The second kappa shape index (κ2) is 5.05. The van der Waals surface area contributed by atoms with E-state index >= 15 is 0 Å². The van der Waals surface area contributed by atoms with Crippen molar-refractivity contribution in [3.8, 4) is 0 Å². The lowest BCUT2D eigenvalue weighted by molar-refractivity contribution is -0.385. The highest BCUT2D eigenvalue weighted by Crippen LogP contribution is 2.18. The molecule has 2 heterocycles. The molecule has 0 fully saturated rings. The van der Waals surface area contributed by atoms with Crippen molar-refractivity contribution < 1.29 is 4.92 Å². The van der Waals surface area contributed by atoms with Crippen molar-refractivity contribution in [1.82, 2.24) is 14.8 Å². The number of nitrogens with one attached hydrogen (secondary N) is 1. The summed E-state index contributed by atoms with van der Waals surface area (Å²) in [5.74, 6) is 0.647. The summed E-state index contributed by atoms with van der Waals surface area (Å²) < 4.78 is 1.80. The van der Waals surface area contributed by atoms with Gasteiger partial charge in [0.2, 0.25) is 0 Å². The van der Waals surface area contributed by atoms with Gasteiger partial charge in [-0.05, 0) is 19.4 Å². The van der Waals surface area contributed by atoms with Gasteiger partial charge in [-0.2, -0.15) is 5.10 Å². The second-order valence-electron chi connectivity index (χ2n) is 4.35. The smallest absolute Gasteiger partial charge is 0.287 e. The van der Waals surface area contributed by atoms with Crippen molar-refractivity contribution in [3.63, 3.8) is 0 Å². The molecule has 7 heteroatoms. The number of nitrogens with zero attached hydrogens (tertiary/aromatic N) is 4. The molecule has 1 N–H and O–H groups in total. The van der Waals surface area contributed by atoms with Crippen molar-refractivity contribution in [1.29, 1.82) is 0 Å². The number of aryl methyl sites for hydroxylation is 2. The molecule has 0 spiro atoms. The number of aromatic nitrogens is 3. The van der Waals surface area contributed by atoms with E-state index in [1.165, 1.54) is 12.3 Å². The van der Waals surface area contributed by atoms with Crippen molar-refractivity contribution in [2.45, 2.75) is 20.4 Å². The van der Waals surface area contributed by atoms with E-state index in [0.717, 1.165) is 16.8 Å². The van der Waals surface area contributed by atoms with E-state index in [-0.39, 0.29) is 5.69 Å². The molecule has 2 aromatic heterocycles. The number of hydrogen-bond donors (Lipinski definition) is 1. The van der Waals surface area contributed by atoms with Crippen LogP contribution in [0.2, 0.25) is 0 Å². The molecule has 2 rings (SSSR count). The summed E-state index contributed by atoms with van der Waals surface area (Å²) in [6.07, 6.45) is 3.05. The van der Waals surface area contributed by atoms with Crippen molar-refractivity contribution in [3.05, 3.63) is 45.4 Å². The molecule has 19 heavy (non-hydrogen) atoms. The Balaban J connectivity index is 2.12. The lowest BCUT2D eigenvalue weighted by Crippen LogP contribution is -2.05. The Hall–Kier alpha value is -2.44. The van der Waals surface area contributed by atoms with Crippen molar-refractivity contribution in [2.24, 2.45) is 7.05 Å². The van der Waals surface area contributed by atoms with Crippen LogP contribution in [0.1, 0.15) is 16.8 Å². The van der Waals surface area contributed by atoms with Crippen LogP contribution in [0.25, 0.3) is 0 Å². The van der Waals surface area contributed by atoms with Gasteiger partial charge in [-0.1, -0.05) is 0 Å². The Labute approximate surface area is 110 Å². The fraction of sp³-hybridized carbons (Fsp3) is 0.333. The molecule has 0 saturated heterocycles. The number of hydrogen-bond acceptors (Lipinski definition) is 5. The standard InChI is InChI=1S/C12H15N5O2/c1-8-4-11(17(18)19)7-14-12(8)13-5-10-6-15-16(3)9(10)2/h4,6-7H,5H2,1-3H3,(H,13,14). The van der Waals surface area contributed by atoms with Gasteiger partial charge in [-0.3, -0.25) is 14.8 Å². The average Bonchev–Trinajstić information content (AvgIpc) is 2.68. The molecule has 0 amide bonds. The van der Waals surface area contributed by atoms with Crippen LogP contribution in [0.5, 0.6) is 0 Å². The number of rotatable bonds is 4. The van der Waals surface area contributed by atoms with Crippen LogP contribution >= 0.6 is 0 Å². The van der Waals surface area contributed by atoms with E-state index in [1.54, 1.807) is 17.8 Å². The van der Waals surface area contributed by atoms with Crippen LogP contribution in [0.3, 0.4) is 0 Å². The quantitative estimate of drug-likeness (QED) is 0.671. The van der Waals surface area contributed by atoms with Gasteiger partial charge in [0.25, 0.3) is 5.69 Å². The molecule has 0 aliphatic heterocycles. The maximum atomic E-state index is 10.6. The SMILES string of the molecule is Cc1cc([N+](=O)[O-])cnc1NCc1cnn(C)c1C. The molecule has 100 valence electrons. The van der Waals surface area contributed by atoms with E-state index in [0.29, 0.717) is 12.4 Å². The second-order valence-corrected chi connectivity index (χ2v) is 4.35. The lowest BCUT2D eigenvalue weighted by atomic mass is 10.2. The third-order valence-electron chi connectivity index (χ3n) is 3.06. The maximum absolute atomic E-state index is 10.6. The molecule has 0 atom stereocenters. The van der Waals surface area contributed by atoms with Gasteiger partial charge in [0.15, 0.2) is 0 Å². The highest BCUT2D eigenvalue weighted by molar-refractivity contribution is 5.48. The summed E-state index contributed by atoms with van der Waals surface area (Å²) in [5, 5.41) is 17.9. The molecule has 0 aromatic carbocycles. The monoisotopic (exact) mass is 261 g/mol. The first-order chi connectivity index (χ1) is 8.99. The van der Waals surface area contributed by atoms with Gasteiger partial charge < -0.3 is 5.32 Å². The van der Waals surface area contributed by atoms with E-state index < -0.39 is 4.92 Å². The summed E-state index contributed by atoms with van der Waals surface area (Å²) in [7, 11) is 1.88. The third-order valence-corrected chi connectivity index (χ3v) is 3.06. The zero-order chi connectivity index (χ0) is 14.0. The highest BCUT2D eigenvalue weighted by Gasteiger charge is 2.10. The van der Waals surface area contributed by atoms with Gasteiger partial charge >= 0.3 is 0 Å². The molecule has 0 radical (unpaired) electrons. The first-order valence-electron chi connectivity index (χ1n) is 5.81. The van der Waals surface area contributed by atoms with Crippen LogP contribution in [-0.4, -0.2) is 19.7 Å². The van der Waals surface area contributed by atoms with Gasteiger partial charge in [0, 0.05) is 30.9 Å². The molecular formula is C12H15N5O2. The molecule has 0 bridgehead atoms. The first-order valence-corrected chi connectivity index (χ1v) is 5.81. The van der Waals surface area contributed by atoms with Crippen LogP contribution in [0.4, 0.5) is 11.5 Å². The predicted molar refractivity (Wildman–Crippen MR) is 70.9 cm³/mol. The Morgan fingerprint density at radius 3 is 2.68 bits per heavy atom. The number of anilines is 1. The minimum atomic E-state index is -0.449. The fourth-order valence-corrected chi connectivity index (χ4v) is 1.74. The normalized spacial score (nSPS) is 10.5. The molecular weight excluding hydrogens is 246 g/mol. The number of nitro groups is 1. The average molecular weight is 261 g/mol. The van der Waals surface area contributed by atoms with Crippen LogP contribution in [0.15, 0.2) is 18.5 Å². The van der Waals surface area contributed by atoms with E-state index in [9.17, 15) is 10.1 Å². The Morgan fingerprint density at radius 2 is 2.16 bits per heavy atom. The molecule has 7 nitrogen and oxygen atoms in total. The molecule has 2 aromatic rings. The topological polar surface area (TPSA) is 85.9 Å². The Kier molecular flexibility index (Phi) is 3.46. The predicted octanol–water partition coefficient (Wildman–Crippen LogP) is 1.95. The fourth-order valence-electron chi connectivity index (χ4n) is 1.74. The Bertz CT molecular complexity index is 621. The summed E-state index contributed by atoms with van der Waals surface area (Å²) in [6.45, 7) is 4.36. The van der Waals surface area contributed by atoms with E-state index in [2.05, 4.69) is 15.4 Å². The van der Waals surface area contributed by atoms with Crippen LogP contribution < -0.4 is 5.32 Å². The summed E-state index contributed by atoms with van der Waals surface area (Å²) >= 11 is 0. The zero-order valence-corrected chi connectivity index (χ0v) is 11.0. The van der Waals surface area contributed by atoms with Gasteiger partial charge in [0.05, 0.1) is 11.1 Å². The van der Waals surface area contributed by atoms with Crippen LogP contribution in [-0.2, 0) is 13.6 Å². The zero-order valence-electron chi connectivity index (χ0n) is 11.0. The van der Waals surface area contributed by atoms with Gasteiger partial charge in [0.1, 0.15) is 12.0 Å². The first kappa shape index (κ1) is 13.0. The Morgan fingerprint density at radius 1 is 1.42 bits per heavy atom. The summed E-state index contributed by atoms with van der Waals surface area (Å²) in [5.41, 5.74) is 2.89. The van der Waals surface area contributed by atoms with Crippen molar-refractivity contribution >= 4 is 11.5 Å². The molecule has 0 aliphatic rings. The highest BCUT2D eigenvalue weighted by atomic mass is 16.6. The molecule has 0 aliphatic carbocycles. The van der Waals surface area contributed by atoms with Crippen molar-refractivity contribution in [2.75, 3.05) is 5.32 Å². The maximum Gasteiger partial charge on any atom is 0.287 e. The van der Waals surface area contributed by atoms with Gasteiger partial charge in [-0.15, -0.1) is 0 Å². The van der Waals surface area contributed by atoms with E-state index in [1.807, 2.05) is 14.0 Å². The summed E-state index contributed by atoms with van der Waals surface area (Å²) in [4.78, 5) is 14.2. The minimum Gasteiger partial charge on any atom is -0.366 e. The summed E-state index contributed by atoms with van der Waals surface area (Å²) in [6, 6.07) is 1.51. The lowest BCUT2D eigenvalue weighted by Gasteiger charge is -2.07. The van der Waals surface area contributed by atoms with Crippen LogP contribution in [0, 0.1) is 24.0 Å². The number of pyridine rings is 1.